The van der Waals surface area contributed by atoms with E-state index in [2.05, 4.69) is 22.1 Å². The van der Waals surface area contributed by atoms with Gasteiger partial charge in [-0.3, -0.25) is 0 Å². The molecule has 0 aliphatic carbocycles. The fraction of sp³-hybridized carbons (Fsp3) is 0.200. The van der Waals surface area contributed by atoms with Crippen molar-refractivity contribution in [3.05, 3.63) is 23.8 Å². The molecule has 0 atom stereocenters. The van der Waals surface area contributed by atoms with E-state index >= 15 is 0 Å². The summed E-state index contributed by atoms with van der Waals surface area (Å²) in [4.78, 5) is 7.52. The van der Waals surface area contributed by atoms with Gasteiger partial charge < -0.3 is 4.98 Å². The van der Waals surface area contributed by atoms with Gasteiger partial charge >= 0.3 is 0 Å². The predicted molar refractivity (Wildman–Crippen MR) is 57.2 cm³/mol. The Morgan fingerprint density at radius 2 is 2.43 bits per heavy atom. The summed E-state index contributed by atoms with van der Waals surface area (Å²) in [6.45, 7) is 2.04. The number of nitrogens with one attached hydrogen (secondary N) is 1. The number of hydrogen-bond donors (Lipinski definition) is 1. The number of imidazole rings is 1. The molecule has 0 aliphatic rings. The third kappa shape index (κ3) is 1.73. The van der Waals surface area contributed by atoms with Crippen LogP contribution in [-0.2, 0) is 0 Å². The van der Waals surface area contributed by atoms with Crippen LogP contribution in [0.15, 0.2) is 23.4 Å². The molecule has 0 unspecified atom stereocenters. The molecule has 70 valence electrons. The van der Waals surface area contributed by atoms with Gasteiger partial charge in [-0.15, -0.1) is 0 Å². The lowest BCUT2D eigenvalue weighted by Crippen LogP contribution is -1.75. The van der Waals surface area contributed by atoms with Gasteiger partial charge in [-0.2, -0.15) is 5.26 Å². The summed E-state index contributed by atoms with van der Waals surface area (Å²) >= 11 is 1.42. The minimum atomic E-state index is 0.429. The first-order valence-electron chi connectivity index (χ1n) is 4.26. The van der Waals surface area contributed by atoms with E-state index in [1.807, 2.05) is 19.1 Å². The minimum absolute atomic E-state index is 0.429. The second-order valence-electron chi connectivity index (χ2n) is 3.01. The van der Waals surface area contributed by atoms with Gasteiger partial charge in [0.2, 0.25) is 0 Å². The van der Waals surface area contributed by atoms with Crippen LogP contribution in [0.4, 0.5) is 0 Å². The van der Waals surface area contributed by atoms with Crippen LogP contribution in [0.3, 0.4) is 0 Å². The fourth-order valence-electron chi connectivity index (χ4n) is 1.27. The lowest BCUT2D eigenvalue weighted by atomic mass is 10.2. The first-order chi connectivity index (χ1) is 6.79. The molecule has 3 nitrogen and oxygen atoms in total. The van der Waals surface area contributed by atoms with Crippen LogP contribution in [0.5, 0.6) is 0 Å². The van der Waals surface area contributed by atoms with Crippen LogP contribution < -0.4 is 0 Å². The van der Waals surface area contributed by atoms with Gasteiger partial charge in [0.25, 0.3) is 0 Å². The van der Waals surface area contributed by atoms with E-state index in [0.29, 0.717) is 5.75 Å². The van der Waals surface area contributed by atoms with Gasteiger partial charge in [0.15, 0.2) is 5.16 Å². The Morgan fingerprint density at radius 1 is 1.57 bits per heavy atom. The number of aryl methyl sites for hydroxylation is 1. The second kappa shape index (κ2) is 3.72. The van der Waals surface area contributed by atoms with Crippen LogP contribution >= 0.6 is 11.8 Å². The molecule has 1 aromatic carbocycles. The maximum Gasteiger partial charge on any atom is 0.167 e. The number of rotatable bonds is 2. The predicted octanol–water partition coefficient (Wildman–Crippen LogP) is 2.49. The molecule has 4 heteroatoms. The molecule has 2 rings (SSSR count). The van der Waals surface area contributed by atoms with Crippen molar-refractivity contribution in [1.29, 1.82) is 5.26 Å². The average Bonchev–Trinajstić information content (AvgIpc) is 2.56. The Kier molecular flexibility index (Phi) is 2.42. The number of thioether (sulfide) groups is 1. The number of benzene rings is 1. The topological polar surface area (TPSA) is 52.5 Å². The maximum absolute atomic E-state index is 8.43. The number of nitrogens with zero attached hydrogens (tertiary/aromatic N) is 2. The monoisotopic (exact) mass is 203 g/mol. The molecule has 0 saturated heterocycles. The number of aromatic nitrogens is 2. The highest BCUT2D eigenvalue weighted by molar-refractivity contribution is 7.99. The summed E-state index contributed by atoms with van der Waals surface area (Å²) in [7, 11) is 0. The van der Waals surface area contributed by atoms with Crippen molar-refractivity contribution in [2.75, 3.05) is 5.75 Å². The summed E-state index contributed by atoms with van der Waals surface area (Å²) < 4.78 is 0. The van der Waals surface area contributed by atoms with Gasteiger partial charge in [0.1, 0.15) is 0 Å². The van der Waals surface area contributed by atoms with Gasteiger partial charge in [0, 0.05) is 0 Å². The summed E-state index contributed by atoms with van der Waals surface area (Å²) in [6.07, 6.45) is 0. The standard InChI is InChI=1S/C10H9N3S/c1-7-2-3-8-9(6-7)13-10(12-8)14-5-4-11/h2-3,6H,5H2,1H3,(H,12,13). The fourth-order valence-corrected chi connectivity index (χ4v) is 1.82. The first-order valence-corrected chi connectivity index (χ1v) is 5.24. The molecule has 0 fully saturated rings. The average molecular weight is 203 g/mol. The van der Waals surface area contributed by atoms with Crippen molar-refractivity contribution < 1.29 is 0 Å². The van der Waals surface area contributed by atoms with E-state index in [4.69, 9.17) is 5.26 Å². The van der Waals surface area contributed by atoms with Crippen molar-refractivity contribution in [2.24, 2.45) is 0 Å². The van der Waals surface area contributed by atoms with Crippen molar-refractivity contribution in [3.8, 4) is 6.07 Å². The van der Waals surface area contributed by atoms with Crippen molar-refractivity contribution >= 4 is 22.8 Å². The van der Waals surface area contributed by atoms with E-state index in [1.54, 1.807) is 0 Å². The molecule has 1 aromatic heterocycles. The Hall–Kier alpha value is -1.47. The highest BCUT2D eigenvalue weighted by Gasteiger charge is 2.02. The summed E-state index contributed by atoms with van der Waals surface area (Å²) in [5.74, 6) is 0.429. The largest absolute Gasteiger partial charge is 0.333 e. The number of hydrogen-bond acceptors (Lipinski definition) is 3. The van der Waals surface area contributed by atoms with Gasteiger partial charge in [-0.25, -0.2) is 4.98 Å². The number of H-pyrrole nitrogens is 1. The zero-order valence-corrected chi connectivity index (χ0v) is 8.56. The number of fused-ring (bicyclic) bond motifs is 1. The van der Waals surface area contributed by atoms with Crippen LogP contribution in [0.1, 0.15) is 5.56 Å². The lowest BCUT2D eigenvalue weighted by Gasteiger charge is -1.89. The number of nitriles is 1. The smallest absolute Gasteiger partial charge is 0.167 e. The molecular weight excluding hydrogens is 194 g/mol. The lowest BCUT2D eigenvalue weighted by molar-refractivity contribution is 1.08. The minimum Gasteiger partial charge on any atom is -0.333 e. The molecule has 0 aliphatic heterocycles. The Labute approximate surface area is 86.2 Å². The van der Waals surface area contributed by atoms with Crippen LogP contribution in [0, 0.1) is 18.3 Å². The Balaban J connectivity index is 2.37. The van der Waals surface area contributed by atoms with E-state index in [0.717, 1.165) is 16.2 Å². The molecule has 0 radical (unpaired) electrons. The molecule has 0 saturated carbocycles. The SMILES string of the molecule is Cc1ccc2nc(SCC#N)[nH]c2c1. The quantitative estimate of drug-likeness (QED) is 0.763. The van der Waals surface area contributed by atoms with E-state index in [9.17, 15) is 0 Å². The highest BCUT2D eigenvalue weighted by Crippen LogP contribution is 2.19. The number of aromatic amines is 1. The summed E-state index contributed by atoms with van der Waals surface area (Å²) in [5, 5.41) is 9.25. The Morgan fingerprint density at radius 3 is 3.21 bits per heavy atom. The summed E-state index contributed by atoms with van der Waals surface area (Å²) in [6, 6.07) is 8.14. The molecule has 0 spiro atoms. The van der Waals surface area contributed by atoms with E-state index in [-0.39, 0.29) is 0 Å². The molecule has 2 aromatic rings. The van der Waals surface area contributed by atoms with Gasteiger partial charge in [-0.1, -0.05) is 17.8 Å². The summed E-state index contributed by atoms with van der Waals surface area (Å²) in [5.41, 5.74) is 3.19. The normalized spacial score (nSPS) is 10.3. The maximum atomic E-state index is 8.43. The van der Waals surface area contributed by atoms with E-state index in [1.165, 1.54) is 17.3 Å². The molecule has 1 heterocycles. The molecule has 0 amide bonds. The van der Waals surface area contributed by atoms with Gasteiger partial charge in [0.05, 0.1) is 22.9 Å². The first kappa shape index (κ1) is 9.10. The molecule has 0 bridgehead atoms. The van der Waals surface area contributed by atoms with Crippen molar-refractivity contribution in [3.63, 3.8) is 0 Å². The van der Waals surface area contributed by atoms with Crippen molar-refractivity contribution in [2.45, 2.75) is 12.1 Å². The highest BCUT2D eigenvalue weighted by atomic mass is 32.2. The van der Waals surface area contributed by atoms with Gasteiger partial charge in [-0.05, 0) is 24.6 Å². The molecular formula is C10H9N3S. The van der Waals surface area contributed by atoms with E-state index < -0.39 is 0 Å². The van der Waals surface area contributed by atoms with Crippen LogP contribution in [-0.4, -0.2) is 15.7 Å². The van der Waals surface area contributed by atoms with Crippen molar-refractivity contribution in [1.82, 2.24) is 9.97 Å². The zero-order chi connectivity index (χ0) is 9.97. The van der Waals surface area contributed by atoms with Crippen LogP contribution in [0.25, 0.3) is 11.0 Å². The Bertz CT molecular complexity index is 496. The third-order valence-electron chi connectivity index (χ3n) is 1.89. The second-order valence-corrected chi connectivity index (χ2v) is 3.97. The molecule has 14 heavy (non-hydrogen) atoms. The third-order valence-corrected chi connectivity index (χ3v) is 2.63. The zero-order valence-electron chi connectivity index (χ0n) is 7.74. The molecule has 1 N–H and O–H groups in total. The van der Waals surface area contributed by atoms with Crippen LogP contribution in [0.2, 0.25) is 0 Å².